The fraction of sp³-hybridized carbons (Fsp3) is 0.320. The summed E-state index contributed by atoms with van der Waals surface area (Å²) in [5, 5.41) is 0. The van der Waals surface area contributed by atoms with Crippen molar-refractivity contribution in [2.24, 2.45) is 0 Å². The van der Waals surface area contributed by atoms with E-state index in [0.29, 0.717) is 12.5 Å². The number of aromatic nitrogens is 1. The number of hydrogen-bond acceptors (Lipinski definition) is 4. The van der Waals surface area contributed by atoms with E-state index >= 15 is 0 Å². The summed E-state index contributed by atoms with van der Waals surface area (Å²) >= 11 is 0. The van der Waals surface area contributed by atoms with Crippen LogP contribution in [-0.4, -0.2) is 36.7 Å². The van der Waals surface area contributed by atoms with Gasteiger partial charge in [-0.2, -0.15) is 0 Å². The van der Waals surface area contributed by atoms with Crippen molar-refractivity contribution in [3.63, 3.8) is 0 Å². The molecule has 0 aliphatic carbocycles. The van der Waals surface area contributed by atoms with Crippen molar-refractivity contribution in [3.8, 4) is 11.6 Å². The van der Waals surface area contributed by atoms with Gasteiger partial charge in [-0.25, -0.2) is 4.98 Å². The van der Waals surface area contributed by atoms with Crippen molar-refractivity contribution >= 4 is 0 Å². The van der Waals surface area contributed by atoms with Gasteiger partial charge in [0.1, 0.15) is 12.4 Å². The topological polar surface area (TPSA) is 34.6 Å². The molecule has 1 aromatic heterocycles. The first kappa shape index (κ1) is 20.9. The number of hydrogen-bond donors (Lipinski definition) is 0. The second kappa shape index (κ2) is 11.9. The Morgan fingerprint density at radius 1 is 0.828 bits per heavy atom. The normalized spacial score (nSPS) is 10.8. The van der Waals surface area contributed by atoms with Crippen LogP contribution < -0.4 is 9.47 Å². The molecule has 0 saturated carbocycles. The maximum atomic E-state index is 5.81. The van der Waals surface area contributed by atoms with Gasteiger partial charge in [0.25, 0.3) is 0 Å². The van der Waals surface area contributed by atoms with Crippen LogP contribution in [0.2, 0.25) is 0 Å². The van der Waals surface area contributed by atoms with E-state index in [1.807, 2.05) is 24.3 Å². The first-order chi connectivity index (χ1) is 14.3. The minimum absolute atomic E-state index is 0.639. The fourth-order valence-electron chi connectivity index (χ4n) is 3.32. The van der Waals surface area contributed by atoms with E-state index in [2.05, 4.69) is 58.4 Å². The quantitative estimate of drug-likeness (QED) is 0.408. The number of unbranched alkanes of at least 4 members (excludes halogenated alkanes) is 1. The summed E-state index contributed by atoms with van der Waals surface area (Å²) in [6.45, 7) is 3.50. The lowest BCUT2D eigenvalue weighted by Crippen LogP contribution is -2.29. The molecule has 1 heterocycles. The summed E-state index contributed by atoms with van der Waals surface area (Å²) in [5.74, 6) is 1.62. The summed E-state index contributed by atoms with van der Waals surface area (Å²) in [5.41, 5.74) is 2.66. The number of rotatable bonds is 12. The predicted octanol–water partition coefficient (Wildman–Crippen LogP) is 4.99. The van der Waals surface area contributed by atoms with Gasteiger partial charge < -0.3 is 9.47 Å². The van der Waals surface area contributed by atoms with Crippen LogP contribution in [0.25, 0.3) is 0 Å². The van der Waals surface area contributed by atoms with Gasteiger partial charge in [-0.05, 0) is 55.1 Å². The molecule has 0 bridgehead atoms. The smallest absolute Gasteiger partial charge is 0.213 e. The Hall–Kier alpha value is -2.85. The molecule has 3 rings (SSSR count). The minimum atomic E-state index is 0.639. The van der Waals surface area contributed by atoms with Crippen molar-refractivity contribution in [3.05, 3.63) is 90.1 Å². The van der Waals surface area contributed by atoms with Crippen LogP contribution in [-0.2, 0) is 13.0 Å². The van der Waals surface area contributed by atoms with Crippen LogP contribution in [0, 0.1) is 0 Å². The van der Waals surface area contributed by atoms with E-state index in [1.54, 1.807) is 13.3 Å². The van der Waals surface area contributed by atoms with Crippen molar-refractivity contribution < 1.29 is 9.47 Å². The summed E-state index contributed by atoms with van der Waals surface area (Å²) in [4.78, 5) is 6.69. The summed E-state index contributed by atoms with van der Waals surface area (Å²) in [7, 11) is 1.72. The van der Waals surface area contributed by atoms with Crippen molar-refractivity contribution in [1.29, 1.82) is 0 Å². The Bertz CT molecular complexity index is 824. The lowest BCUT2D eigenvalue weighted by Gasteiger charge is -2.22. The van der Waals surface area contributed by atoms with Gasteiger partial charge in [0.15, 0.2) is 0 Å². The SMILES string of the molecule is COc1cccc(CCCCN(CCOc2ccccn2)Cc2ccccc2)c1. The van der Waals surface area contributed by atoms with E-state index in [0.717, 1.165) is 44.6 Å². The molecule has 152 valence electrons. The highest BCUT2D eigenvalue weighted by Crippen LogP contribution is 2.15. The maximum Gasteiger partial charge on any atom is 0.213 e. The van der Waals surface area contributed by atoms with Crippen LogP contribution in [0.1, 0.15) is 24.0 Å². The maximum absolute atomic E-state index is 5.81. The molecular weight excluding hydrogens is 360 g/mol. The fourth-order valence-corrected chi connectivity index (χ4v) is 3.32. The molecular formula is C25H30N2O2. The van der Waals surface area contributed by atoms with Gasteiger partial charge in [0, 0.05) is 25.4 Å². The van der Waals surface area contributed by atoms with Gasteiger partial charge >= 0.3 is 0 Å². The molecule has 0 radical (unpaired) electrons. The molecule has 3 aromatic rings. The van der Waals surface area contributed by atoms with Gasteiger partial charge in [-0.1, -0.05) is 48.5 Å². The average Bonchev–Trinajstić information content (AvgIpc) is 2.78. The number of methoxy groups -OCH3 is 1. The number of pyridine rings is 1. The molecule has 2 aromatic carbocycles. The third kappa shape index (κ3) is 7.59. The monoisotopic (exact) mass is 390 g/mol. The molecule has 29 heavy (non-hydrogen) atoms. The highest BCUT2D eigenvalue weighted by Gasteiger charge is 2.07. The Morgan fingerprint density at radius 2 is 1.66 bits per heavy atom. The summed E-state index contributed by atoms with van der Waals surface area (Å²) in [6.07, 6.45) is 5.13. The third-order valence-corrected chi connectivity index (χ3v) is 4.87. The Balaban J connectivity index is 1.47. The van der Waals surface area contributed by atoms with Crippen molar-refractivity contribution in [1.82, 2.24) is 9.88 Å². The second-order valence-corrected chi connectivity index (χ2v) is 7.09. The number of aryl methyl sites for hydroxylation is 1. The molecule has 0 spiro atoms. The van der Waals surface area contributed by atoms with Gasteiger partial charge in [-0.15, -0.1) is 0 Å². The van der Waals surface area contributed by atoms with Gasteiger partial charge in [0.05, 0.1) is 7.11 Å². The molecule has 4 nitrogen and oxygen atoms in total. The van der Waals surface area contributed by atoms with Gasteiger partial charge in [0.2, 0.25) is 5.88 Å². The Morgan fingerprint density at radius 3 is 2.45 bits per heavy atom. The lowest BCUT2D eigenvalue weighted by atomic mass is 10.1. The van der Waals surface area contributed by atoms with Crippen LogP contribution in [0.15, 0.2) is 79.0 Å². The van der Waals surface area contributed by atoms with Gasteiger partial charge in [-0.3, -0.25) is 4.90 Å². The molecule has 0 aliphatic rings. The zero-order valence-corrected chi connectivity index (χ0v) is 17.2. The lowest BCUT2D eigenvalue weighted by molar-refractivity contribution is 0.196. The van der Waals surface area contributed by atoms with Crippen molar-refractivity contribution in [2.75, 3.05) is 26.8 Å². The van der Waals surface area contributed by atoms with Crippen LogP contribution in [0.3, 0.4) is 0 Å². The molecule has 0 amide bonds. The molecule has 0 aliphatic heterocycles. The number of benzene rings is 2. The van der Waals surface area contributed by atoms with E-state index in [9.17, 15) is 0 Å². The summed E-state index contributed by atoms with van der Waals surface area (Å²) in [6, 6.07) is 24.7. The largest absolute Gasteiger partial charge is 0.497 e. The number of ether oxygens (including phenoxy) is 2. The Kier molecular flexibility index (Phi) is 8.55. The van der Waals surface area contributed by atoms with Crippen LogP contribution in [0.5, 0.6) is 11.6 Å². The van der Waals surface area contributed by atoms with Crippen LogP contribution >= 0.6 is 0 Å². The standard InChI is InChI=1S/C25H30N2O2/c1-28-24-14-9-13-22(20-24)10-6-8-17-27(21-23-11-3-2-4-12-23)18-19-29-25-15-5-7-16-26-25/h2-5,7,9,11-16,20H,6,8,10,17-19,21H2,1H3. The van der Waals surface area contributed by atoms with E-state index in [-0.39, 0.29) is 0 Å². The van der Waals surface area contributed by atoms with Crippen molar-refractivity contribution in [2.45, 2.75) is 25.8 Å². The average molecular weight is 391 g/mol. The first-order valence-corrected chi connectivity index (χ1v) is 10.3. The van der Waals surface area contributed by atoms with E-state index in [1.165, 1.54) is 11.1 Å². The molecule has 0 saturated heterocycles. The molecule has 0 unspecified atom stereocenters. The third-order valence-electron chi connectivity index (χ3n) is 4.87. The first-order valence-electron chi connectivity index (χ1n) is 10.3. The molecule has 0 N–H and O–H groups in total. The zero-order valence-electron chi connectivity index (χ0n) is 17.2. The molecule has 0 atom stereocenters. The van der Waals surface area contributed by atoms with E-state index in [4.69, 9.17) is 9.47 Å². The summed E-state index contributed by atoms with van der Waals surface area (Å²) < 4.78 is 11.1. The second-order valence-electron chi connectivity index (χ2n) is 7.09. The Labute approximate surface area is 174 Å². The minimum Gasteiger partial charge on any atom is -0.497 e. The highest BCUT2D eigenvalue weighted by molar-refractivity contribution is 5.28. The van der Waals surface area contributed by atoms with Crippen LogP contribution in [0.4, 0.5) is 0 Å². The van der Waals surface area contributed by atoms with E-state index < -0.39 is 0 Å². The molecule has 4 heteroatoms. The number of nitrogens with zero attached hydrogens (tertiary/aromatic N) is 2. The predicted molar refractivity (Wildman–Crippen MR) is 117 cm³/mol. The molecule has 0 fully saturated rings. The highest BCUT2D eigenvalue weighted by atomic mass is 16.5. The zero-order chi connectivity index (χ0) is 20.2.